The molecule has 0 spiro atoms. The smallest absolute Gasteiger partial charge is 0.188 e. The van der Waals surface area contributed by atoms with Crippen molar-refractivity contribution in [2.45, 2.75) is 13.8 Å². The molecule has 256 valence electrons. The molecule has 0 aliphatic carbocycles. The molecule has 0 radical (unpaired) electrons. The van der Waals surface area contributed by atoms with Crippen molar-refractivity contribution in [2.75, 3.05) is 9.80 Å². The van der Waals surface area contributed by atoms with Crippen molar-refractivity contribution in [3.63, 3.8) is 0 Å². The number of hydrogen-bond donors (Lipinski definition) is 0. The highest BCUT2D eigenvalue weighted by molar-refractivity contribution is 7.91. The zero-order valence-electron chi connectivity index (χ0n) is 29.5. The Bertz CT molecular complexity index is 3200. The Kier molecular flexibility index (Phi) is 6.22. The van der Waals surface area contributed by atoms with E-state index in [2.05, 4.69) is 175 Å². The summed E-state index contributed by atoms with van der Waals surface area (Å²) in [4.78, 5) is 6.02. The van der Waals surface area contributed by atoms with Crippen LogP contribution < -0.4 is 25.0 Å². The summed E-state index contributed by atoms with van der Waals surface area (Å²) < 4.78 is 20.5. The number of aryl methyl sites for hydroxylation is 2. The minimum absolute atomic E-state index is 0.913. The maximum absolute atomic E-state index is 17.2. The van der Waals surface area contributed by atoms with Gasteiger partial charge in [0.1, 0.15) is 0 Å². The van der Waals surface area contributed by atoms with E-state index in [9.17, 15) is 0 Å². The van der Waals surface area contributed by atoms with E-state index >= 15 is 4.57 Å². The molecule has 2 aliphatic heterocycles. The third-order valence-electron chi connectivity index (χ3n) is 11.4. The van der Waals surface area contributed by atoms with Crippen LogP contribution in [-0.4, -0.2) is 0 Å². The summed E-state index contributed by atoms with van der Waals surface area (Å²) in [5.74, 6) is 0. The number of nitrogens with zero attached hydrogens (tertiary/aromatic N) is 2. The second-order valence-corrected chi connectivity index (χ2v) is 19.6. The first kappa shape index (κ1) is 30.7. The number of hydrogen-bond acceptors (Lipinski definition) is 5. The van der Waals surface area contributed by atoms with Crippen molar-refractivity contribution in [1.29, 1.82) is 0 Å². The number of anilines is 6. The third kappa shape index (κ3) is 3.99. The molecule has 1 atom stereocenters. The molecule has 0 amide bonds. The molecule has 3 nitrogen and oxygen atoms in total. The van der Waals surface area contributed by atoms with Crippen molar-refractivity contribution < 1.29 is 4.57 Å². The maximum Gasteiger partial charge on any atom is 0.188 e. The Labute approximate surface area is 320 Å². The lowest BCUT2D eigenvalue weighted by Crippen LogP contribution is -2.42. The lowest BCUT2D eigenvalue weighted by molar-refractivity contribution is 0.592. The minimum atomic E-state index is -3.45. The molecule has 12 rings (SSSR count). The van der Waals surface area contributed by atoms with Gasteiger partial charge in [-0.05, 0) is 94.9 Å². The second kappa shape index (κ2) is 10.9. The number of fused-ring (bicyclic) bond motifs is 7. The van der Waals surface area contributed by atoms with Gasteiger partial charge in [0.05, 0.1) is 37.4 Å². The van der Waals surface area contributed by atoms with E-state index in [0.717, 1.165) is 60.1 Å². The molecule has 2 aliphatic rings. The lowest BCUT2D eigenvalue weighted by atomic mass is 9.93. The van der Waals surface area contributed by atoms with Gasteiger partial charge < -0.3 is 14.4 Å². The van der Waals surface area contributed by atoms with Crippen molar-refractivity contribution in [1.82, 2.24) is 0 Å². The van der Waals surface area contributed by atoms with Gasteiger partial charge in [0, 0.05) is 31.6 Å². The summed E-state index contributed by atoms with van der Waals surface area (Å²) in [6, 6.07) is 54.9. The van der Waals surface area contributed by atoms with Gasteiger partial charge in [-0.1, -0.05) is 114 Å². The predicted octanol–water partition coefficient (Wildman–Crippen LogP) is 13.3. The molecule has 2 aromatic heterocycles. The lowest BCUT2D eigenvalue weighted by Gasteiger charge is -2.44. The fourth-order valence-corrected chi connectivity index (χ4v) is 15.8. The van der Waals surface area contributed by atoms with Crippen molar-refractivity contribution in [3.8, 4) is 10.4 Å². The van der Waals surface area contributed by atoms with Gasteiger partial charge in [0.2, 0.25) is 0 Å². The number of benzene rings is 8. The topological polar surface area (TPSA) is 23.6 Å². The van der Waals surface area contributed by atoms with E-state index in [1.807, 2.05) is 0 Å². The summed E-state index contributed by atoms with van der Waals surface area (Å²) in [6.07, 6.45) is 0. The largest absolute Gasteiger partial charge is 0.308 e. The fourth-order valence-electron chi connectivity index (χ4n) is 8.97. The maximum atomic E-state index is 17.2. The average Bonchev–Trinajstić information content (AvgIpc) is 3.79. The first-order valence-electron chi connectivity index (χ1n) is 18.3. The molecule has 8 aromatic carbocycles. The van der Waals surface area contributed by atoms with Crippen LogP contribution in [0.2, 0.25) is 0 Å². The van der Waals surface area contributed by atoms with Gasteiger partial charge in [-0.2, -0.15) is 0 Å². The SMILES string of the molecule is Cc1ccc(N2c3cccc4c3P(=O)(c3cc5ccc6cccc7ccc(c32)c5c67)c2sc3cc(-c5ccccc5)sc3c2N4c2ccc(C)cc2)cc1. The molecule has 0 saturated carbocycles. The molecule has 1 unspecified atom stereocenters. The van der Waals surface area contributed by atoms with Gasteiger partial charge in [0.15, 0.2) is 7.14 Å². The third-order valence-corrected chi connectivity index (χ3v) is 17.6. The van der Waals surface area contributed by atoms with E-state index in [1.165, 1.54) is 52.5 Å². The van der Waals surface area contributed by atoms with Crippen LogP contribution in [0.5, 0.6) is 0 Å². The standard InChI is InChI=1S/C48H31N2OPS2/c1-28-14-21-34(22-15-28)49-37-12-7-13-38-46(37)52(51,39-26-33-19-18-31-10-6-11-32-20-25-36(44(39)49)43(33)42(31)32)48-45(50(38)35-23-16-29(2)17-24-35)47-41(54-48)27-40(53-47)30-8-4-3-5-9-30/h3-27H,1-2H3. The normalized spacial score (nSPS) is 16.0. The van der Waals surface area contributed by atoms with Crippen LogP contribution in [0.25, 0.3) is 52.2 Å². The predicted molar refractivity (Wildman–Crippen MR) is 234 cm³/mol. The van der Waals surface area contributed by atoms with Crippen LogP contribution in [0, 0.1) is 13.8 Å². The first-order chi connectivity index (χ1) is 26.5. The van der Waals surface area contributed by atoms with Crippen LogP contribution in [0.15, 0.2) is 152 Å². The van der Waals surface area contributed by atoms with Crippen LogP contribution in [0.3, 0.4) is 0 Å². The Hall–Kier alpha value is -5.71. The zero-order chi connectivity index (χ0) is 35.9. The van der Waals surface area contributed by atoms with Crippen molar-refractivity contribution in [2.24, 2.45) is 0 Å². The Balaban J connectivity index is 1.25. The average molecular weight is 747 g/mol. The Morgan fingerprint density at radius 1 is 0.537 bits per heavy atom. The highest BCUT2D eigenvalue weighted by atomic mass is 32.1. The zero-order valence-corrected chi connectivity index (χ0v) is 32.0. The van der Waals surface area contributed by atoms with E-state index in [4.69, 9.17) is 0 Å². The highest BCUT2D eigenvalue weighted by Gasteiger charge is 2.51. The van der Waals surface area contributed by atoms with Gasteiger partial charge in [-0.3, -0.25) is 0 Å². The van der Waals surface area contributed by atoms with Crippen molar-refractivity contribution >= 4 is 121 Å². The Morgan fingerprint density at radius 3 is 1.83 bits per heavy atom. The molecular formula is C48H31N2OPS2. The molecule has 0 N–H and O–H groups in total. The highest BCUT2D eigenvalue weighted by Crippen LogP contribution is 2.65. The van der Waals surface area contributed by atoms with Gasteiger partial charge in [-0.15, -0.1) is 22.7 Å². The van der Waals surface area contributed by atoms with E-state index < -0.39 is 7.14 Å². The quantitative estimate of drug-likeness (QED) is 0.133. The summed E-state index contributed by atoms with van der Waals surface area (Å²) in [6.45, 7) is 4.26. The molecule has 6 heteroatoms. The molecule has 4 heterocycles. The molecule has 10 aromatic rings. The van der Waals surface area contributed by atoms with Crippen molar-refractivity contribution in [3.05, 3.63) is 163 Å². The molecular weight excluding hydrogens is 716 g/mol. The van der Waals surface area contributed by atoms with Gasteiger partial charge in [0.25, 0.3) is 0 Å². The van der Waals surface area contributed by atoms with Crippen LogP contribution in [0.4, 0.5) is 34.1 Å². The fraction of sp³-hybridized carbons (Fsp3) is 0.0417. The van der Waals surface area contributed by atoms with E-state index in [1.54, 1.807) is 22.7 Å². The van der Waals surface area contributed by atoms with Gasteiger partial charge >= 0.3 is 0 Å². The van der Waals surface area contributed by atoms with Crippen LogP contribution >= 0.6 is 29.8 Å². The van der Waals surface area contributed by atoms with E-state index in [0.29, 0.717) is 0 Å². The van der Waals surface area contributed by atoms with Crippen LogP contribution in [0.1, 0.15) is 11.1 Å². The Morgan fingerprint density at radius 2 is 1.15 bits per heavy atom. The summed E-state index contributed by atoms with van der Waals surface area (Å²) in [7, 11) is -3.45. The molecule has 54 heavy (non-hydrogen) atoms. The number of thiophene rings is 2. The molecule has 0 bridgehead atoms. The minimum Gasteiger partial charge on any atom is -0.308 e. The molecule has 0 fully saturated rings. The monoisotopic (exact) mass is 746 g/mol. The summed E-state index contributed by atoms with van der Waals surface area (Å²) in [5.41, 5.74) is 9.78. The van der Waals surface area contributed by atoms with E-state index in [-0.39, 0.29) is 0 Å². The summed E-state index contributed by atoms with van der Waals surface area (Å²) in [5, 5.41) is 9.01. The molecule has 0 saturated heterocycles. The second-order valence-electron chi connectivity index (χ2n) is 14.6. The first-order valence-corrected chi connectivity index (χ1v) is 21.6. The number of rotatable bonds is 3. The van der Waals surface area contributed by atoms with Gasteiger partial charge in [-0.25, -0.2) is 0 Å². The van der Waals surface area contributed by atoms with Crippen LogP contribution in [-0.2, 0) is 4.57 Å². The summed E-state index contributed by atoms with van der Waals surface area (Å²) >= 11 is 3.53.